The van der Waals surface area contributed by atoms with E-state index >= 15 is 0 Å². The van der Waals surface area contributed by atoms with Crippen LogP contribution in [-0.2, 0) is 23.9 Å². The number of piperidine rings is 1. The molecule has 17 nitrogen and oxygen atoms in total. The van der Waals surface area contributed by atoms with Crippen LogP contribution in [0.3, 0.4) is 0 Å². The van der Waals surface area contributed by atoms with Gasteiger partial charge in [-0.15, -0.1) is 10.2 Å². The fourth-order valence-corrected chi connectivity index (χ4v) is 8.69. The maximum absolute atomic E-state index is 13.7. The lowest BCUT2D eigenvalue weighted by atomic mass is 9.80. The third-order valence-corrected chi connectivity index (χ3v) is 12.1. The summed E-state index contributed by atoms with van der Waals surface area (Å²) in [5, 5.41) is 23.1. The molecule has 0 spiro atoms. The number of aromatic nitrogens is 4. The van der Waals surface area contributed by atoms with E-state index in [-0.39, 0.29) is 47.7 Å². The molecule has 4 aromatic rings. The second-order valence-electron chi connectivity index (χ2n) is 16.0. The van der Waals surface area contributed by atoms with Crippen LogP contribution in [-0.4, -0.2) is 116 Å². The summed E-state index contributed by atoms with van der Waals surface area (Å²) in [6.45, 7) is 5.57. The van der Waals surface area contributed by atoms with Crippen molar-refractivity contribution in [3.05, 3.63) is 66.5 Å². The standard InChI is InChI=1S/C42H50N10O7/c1-25(2)38(43)42(57)59-24-51-36(54)15-14-33(41(51)56)50-18-19-58-39-29(7-5-8-32(39)50)26-10-12-27(13-11-26)48-16-17-49(37(55)23-48)28-21-45-52(22-28)34-20-31(46-47-40(34)44)30-6-3-4-9-35(30)53/h3-9,20-22,25-27,33,38,53H,10-19,23-24,43H2,1-2H3,(H2,44,47). The van der Waals surface area contributed by atoms with Crippen LogP contribution in [0.1, 0.15) is 63.9 Å². The number of para-hydroxylation sites is 2. The number of nitrogens with two attached hydrogens (primary N) is 2. The number of nitrogens with zero attached hydrogens (tertiary/aromatic N) is 8. The van der Waals surface area contributed by atoms with Gasteiger partial charge in [-0.25, -0.2) is 9.58 Å². The lowest BCUT2D eigenvalue weighted by Gasteiger charge is -2.43. The highest BCUT2D eigenvalue weighted by Gasteiger charge is 2.41. The number of fused-ring (bicyclic) bond motifs is 1. The minimum atomic E-state index is -0.845. The molecule has 3 amide bonds. The molecule has 0 bridgehead atoms. The highest BCUT2D eigenvalue weighted by atomic mass is 16.5. The van der Waals surface area contributed by atoms with E-state index < -0.39 is 30.7 Å². The first kappa shape index (κ1) is 39.7. The molecule has 3 aliphatic heterocycles. The topological polar surface area (TPSA) is 216 Å². The number of piperazine rings is 1. The fraction of sp³-hybridized carbons (Fsp3) is 0.452. The molecule has 1 aliphatic carbocycles. The van der Waals surface area contributed by atoms with E-state index in [9.17, 15) is 24.3 Å². The monoisotopic (exact) mass is 806 g/mol. The predicted octanol–water partition coefficient (Wildman–Crippen LogP) is 3.19. The van der Waals surface area contributed by atoms with Crippen LogP contribution in [0, 0.1) is 5.92 Å². The van der Waals surface area contributed by atoms with E-state index in [0.29, 0.717) is 55.3 Å². The minimum Gasteiger partial charge on any atom is -0.507 e. The molecule has 5 heterocycles. The summed E-state index contributed by atoms with van der Waals surface area (Å²) in [6, 6.07) is 13.4. The van der Waals surface area contributed by atoms with Gasteiger partial charge in [-0.2, -0.15) is 5.10 Å². The van der Waals surface area contributed by atoms with Crippen molar-refractivity contribution in [1.82, 2.24) is 29.8 Å². The van der Waals surface area contributed by atoms with Gasteiger partial charge in [0.25, 0.3) is 5.91 Å². The van der Waals surface area contributed by atoms with Gasteiger partial charge in [0.05, 0.1) is 42.6 Å². The van der Waals surface area contributed by atoms with E-state index in [1.165, 1.54) is 0 Å². The highest BCUT2D eigenvalue weighted by Crippen LogP contribution is 2.45. The predicted molar refractivity (Wildman–Crippen MR) is 218 cm³/mol. The van der Waals surface area contributed by atoms with Gasteiger partial charge in [0.2, 0.25) is 11.8 Å². The minimum absolute atomic E-state index is 0.00548. The molecule has 2 aromatic heterocycles. The number of imide groups is 1. The van der Waals surface area contributed by atoms with E-state index in [2.05, 4.69) is 26.3 Å². The van der Waals surface area contributed by atoms with Crippen molar-refractivity contribution in [2.24, 2.45) is 11.7 Å². The number of rotatable bonds is 10. The third kappa shape index (κ3) is 7.91. The summed E-state index contributed by atoms with van der Waals surface area (Å²) in [7, 11) is 0. The van der Waals surface area contributed by atoms with Crippen molar-refractivity contribution in [2.75, 3.05) is 55.1 Å². The number of carbonyl (C=O) groups is 4. The van der Waals surface area contributed by atoms with Gasteiger partial charge in [0, 0.05) is 31.1 Å². The van der Waals surface area contributed by atoms with Gasteiger partial charge in [0.1, 0.15) is 35.9 Å². The number of hydrogen-bond acceptors (Lipinski definition) is 14. The largest absolute Gasteiger partial charge is 0.507 e. The van der Waals surface area contributed by atoms with E-state index in [0.717, 1.165) is 54.1 Å². The number of carbonyl (C=O) groups excluding carboxylic acids is 4. The summed E-state index contributed by atoms with van der Waals surface area (Å²) in [6.07, 6.45) is 7.60. The summed E-state index contributed by atoms with van der Waals surface area (Å²) in [5.41, 5.74) is 16.1. The Morgan fingerprint density at radius 1 is 0.966 bits per heavy atom. The molecule has 8 rings (SSSR count). The second-order valence-corrected chi connectivity index (χ2v) is 16.0. The molecule has 17 heteroatoms. The maximum atomic E-state index is 13.7. The number of phenols is 1. The summed E-state index contributed by atoms with van der Waals surface area (Å²) >= 11 is 0. The van der Waals surface area contributed by atoms with Gasteiger partial charge in [-0.3, -0.25) is 24.1 Å². The second kappa shape index (κ2) is 16.7. The Bertz CT molecular complexity index is 2240. The van der Waals surface area contributed by atoms with Gasteiger partial charge in [0.15, 0.2) is 12.5 Å². The Morgan fingerprint density at radius 3 is 2.53 bits per heavy atom. The number of anilines is 3. The van der Waals surface area contributed by atoms with Crippen LogP contribution < -0.4 is 26.0 Å². The molecule has 310 valence electrons. The number of ether oxygens (including phenoxy) is 2. The molecule has 2 saturated heterocycles. The van der Waals surface area contributed by atoms with Crippen molar-refractivity contribution in [2.45, 2.75) is 76.4 Å². The summed E-state index contributed by atoms with van der Waals surface area (Å²) in [4.78, 5) is 59.7. The van der Waals surface area contributed by atoms with Crippen molar-refractivity contribution in [1.29, 1.82) is 0 Å². The van der Waals surface area contributed by atoms with Crippen molar-refractivity contribution >= 4 is 40.9 Å². The number of benzene rings is 2. The molecular weight excluding hydrogens is 757 g/mol. The van der Waals surface area contributed by atoms with Gasteiger partial charge < -0.3 is 35.8 Å². The van der Waals surface area contributed by atoms with Crippen LogP contribution in [0.25, 0.3) is 16.9 Å². The van der Waals surface area contributed by atoms with Crippen LogP contribution in [0.2, 0.25) is 0 Å². The summed E-state index contributed by atoms with van der Waals surface area (Å²) < 4.78 is 13.2. The molecular formula is C42H50N10O7. The van der Waals surface area contributed by atoms with Crippen molar-refractivity contribution in [3.63, 3.8) is 0 Å². The normalized spacial score (nSPS) is 22.0. The average Bonchev–Trinajstić information content (AvgIpc) is 3.73. The highest BCUT2D eigenvalue weighted by molar-refractivity contribution is 6.02. The van der Waals surface area contributed by atoms with Crippen LogP contribution in [0.15, 0.2) is 60.9 Å². The Morgan fingerprint density at radius 2 is 1.76 bits per heavy atom. The molecule has 0 radical (unpaired) electrons. The Hall–Kier alpha value is -6.07. The number of hydrogen-bond donors (Lipinski definition) is 3. The molecule has 4 aliphatic rings. The third-order valence-electron chi connectivity index (χ3n) is 12.1. The molecule has 59 heavy (non-hydrogen) atoms. The zero-order valence-corrected chi connectivity index (χ0v) is 33.3. The number of aromatic hydroxyl groups is 1. The van der Waals surface area contributed by atoms with E-state index in [1.54, 1.807) is 66.2 Å². The Kier molecular flexibility index (Phi) is 11.2. The lowest BCUT2D eigenvalue weighted by Crippen LogP contribution is -2.57. The number of amides is 3. The number of esters is 1. The summed E-state index contributed by atoms with van der Waals surface area (Å²) in [5.74, 6) is -0.313. The molecule has 2 aromatic carbocycles. The maximum Gasteiger partial charge on any atom is 0.324 e. The number of likely N-dealkylation sites (tertiary alicyclic amines) is 1. The van der Waals surface area contributed by atoms with E-state index in [4.69, 9.17) is 20.9 Å². The van der Waals surface area contributed by atoms with Gasteiger partial charge >= 0.3 is 5.97 Å². The lowest BCUT2D eigenvalue weighted by molar-refractivity contribution is -0.163. The van der Waals surface area contributed by atoms with Crippen LogP contribution in [0.4, 0.5) is 17.2 Å². The van der Waals surface area contributed by atoms with Crippen LogP contribution >= 0.6 is 0 Å². The number of nitrogen functional groups attached to an aromatic ring is 1. The zero-order valence-electron chi connectivity index (χ0n) is 33.3. The Balaban J connectivity index is 0.885. The van der Waals surface area contributed by atoms with Gasteiger partial charge in [-0.05, 0) is 73.8 Å². The molecule has 3 fully saturated rings. The van der Waals surface area contributed by atoms with Crippen molar-refractivity contribution in [3.8, 4) is 28.4 Å². The Labute approximate surface area is 341 Å². The SMILES string of the molecule is CC(C)C(N)C(=O)OCN1C(=O)CCC(N2CCOc3c(C4CCC(N5CCN(c6cnn(-c7cc(-c8ccccc8O)nnc7N)c6)C(=O)C5)CC4)cccc32)C1=O. The van der Waals surface area contributed by atoms with Gasteiger partial charge in [-0.1, -0.05) is 38.1 Å². The quantitative estimate of drug-likeness (QED) is 0.155. The number of phenolic OH excluding ortho intramolecular Hbond substituents is 1. The first-order valence-electron chi connectivity index (χ1n) is 20.3. The van der Waals surface area contributed by atoms with E-state index in [1.807, 2.05) is 17.0 Å². The zero-order chi connectivity index (χ0) is 41.4. The average molecular weight is 807 g/mol. The smallest absolute Gasteiger partial charge is 0.324 e. The molecule has 5 N–H and O–H groups in total. The fourth-order valence-electron chi connectivity index (χ4n) is 8.69. The molecule has 2 unspecified atom stereocenters. The molecule has 2 atom stereocenters. The van der Waals surface area contributed by atoms with Crippen molar-refractivity contribution < 1.29 is 33.8 Å². The van der Waals surface area contributed by atoms with Crippen LogP contribution in [0.5, 0.6) is 11.5 Å². The first-order chi connectivity index (χ1) is 28.5. The molecule has 1 saturated carbocycles. The first-order valence-corrected chi connectivity index (χ1v) is 20.3.